The molecule has 0 bridgehead atoms. The lowest BCUT2D eigenvalue weighted by molar-refractivity contribution is 0.603. The van der Waals surface area contributed by atoms with Crippen LogP contribution in [0, 0.1) is 6.92 Å². The topological polar surface area (TPSA) is 24.1 Å². The molecule has 1 aromatic carbocycles. The molecule has 17 heavy (non-hydrogen) atoms. The number of aryl methyl sites for hydroxylation is 1. The maximum Gasteiger partial charge on any atom is 0.171 e. The number of rotatable bonds is 2. The maximum atomic E-state index is 5.29. The second-order valence-corrected chi connectivity index (χ2v) is 4.84. The van der Waals surface area contributed by atoms with Gasteiger partial charge in [-0.15, -0.1) is 0 Å². The van der Waals surface area contributed by atoms with Gasteiger partial charge < -0.3 is 10.6 Å². The van der Waals surface area contributed by atoms with Gasteiger partial charge in [0.05, 0.1) is 0 Å². The average molecular weight is 246 g/mol. The fourth-order valence-electron chi connectivity index (χ4n) is 1.91. The summed E-state index contributed by atoms with van der Waals surface area (Å²) in [5.41, 5.74) is 2.29. The Morgan fingerprint density at radius 2 is 2.06 bits per heavy atom. The molecule has 1 aliphatic rings. The molecule has 3 heteroatoms. The van der Waals surface area contributed by atoms with Gasteiger partial charge in [0, 0.05) is 11.7 Å². The summed E-state index contributed by atoms with van der Waals surface area (Å²) in [7, 11) is 0. The van der Waals surface area contributed by atoms with Crippen molar-refractivity contribution in [3.05, 3.63) is 42.0 Å². The minimum absolute atomic E-state index is 0.384. The SMILES string of the molecule is Cc1ccc(NC(=S)N[C@H]2C=CCCC2)cc1. The number of hydrogen-bond donors (Lipinski definition) is 2. The molecule has 0 aliphatic heterocycles. The third-order valence-electron chi connectivity index (χ3n) is 2.88. The Morgan fingerprint density at radius 1 is 1.29 bits per heavy atom. The molecule has 0 saturated carbocycles. The zero-order chi connectivity index (χ0) is 12.1. The highest BCUT2D eigenvalue weighted by atomic mass is 32.1. The zero-order valence-corrected chi connectivity index (χ0v) is 10.9. The van der Waals surface area contributed by atoms with Crippen molar-refractivity contribution in [3.63, 3.8) is 0 Å². The van der Waals surface area contributed by atoms with Gasteiger partial charge in [0.15, 0.2) is 5.11 Å². The van der Waals surface area contributed by atoms with Crippen molar-refractivity contribution in [1.82, 2.24) is 5.32 Å². The van der Waals surface area contributed by atoms with Crippen LogP contribution in [0.25, 0.3) is 0 Å². The molecule has 2 N–H and O–H groups in total. The molecular formula is C14H18N2S. The molecule has 90 valence electrons. The second-order valence-electron chi connectivity index (χ2n) is 4.43. The molecule has 0 aromatic heterocycles. The normalized spacial score (nSPS) is 18.8. The molecule has 0 saturated heterocycles. The van der Waals surface area contributed by atoms with E-state index in [0.29, 0.717) is 11.2 Å². The molecule has 1 aliphatic carbocycles. The van der Waals surface area contributed by atoms with E-state index in [0.717, 1.165) is 12.1 Å². The third kappa shape index (κ3) is 3.86. The van der Waals surface area contributed by atoms with Gasteiger partial charge in [-0.3, -0.25) is 0 Å². The van der Waals surface area contributed by atoms with Gasteiger partial charge in [-0.1, -0.05) is 29.8 Å². The predicted octanol–water partition coefficient (Wildman–Crippen LogP) is 3.39. The summed E-state index contributed by atoms with van der Waals surface area (Å²) < 4.78 is 0. The van der Waals surface area contributed by atoms with E-state index in [2.05, 4.69) is 41.8 Å². The highest BCUT2D eigenvalue weighted by Gasteiger charge is 2.09. The van der Waals surface area contributed by atoms with Gasteiger partial charge in [0.2, 0.25) is 0 Å². The van der Waals surface area contributed by atoms with E-state index >= 15 is 0 Å². The van der Waals surface area contributed by atoms with Gasteiger partial charge in [-0.25, -0.2) is 0 Å². The Balaban J connectivity index is 1.86. The maximum absolute atomic E-state index is 5.29. The van der Waals surface area contributed by atoms with Crippen molar-refractivity contribution in [1.29, 1.82) is 0 Å². The van der Waals surface area contributed by atoms with E-state index in [1.807, 2.05) is 12.1 Å². The summed E-state index contributed by atoms with van der Waals surface area (Å²) in [4.78, 5) is 0. The molecular weight excluding hydrogens is 228 g/mol. The van der Waals surface area contributed by atoms with Crippen LogP contribution >= 0.6 is 12.2 Å². The van der Waals surface area contributed by atoms with Crippen LogP contribution in [0.1, 0.15) is 24.8 Å². The number of nitrogens with one attached hydrogen (secondary N) is 2. The fraction of sp³-hybridized carbons (Fsp3) is 0.357. The van der Waals surface area contributed by atoms with Gasteiger partial charge in [-0.05, 0) is 50.5 Å². The van der Waals surface area contributed by atoms with Crippen LogP contribution in [0.15, 0.2) is 36.4 Å². The van der Waals surface area contributed by atoms with Crippen LogP contribution in [0.2, 0.25) is 0 Å². The van der Waals surface area contributed by atoms with Crippen molar-refractivity contribution in [3.8, 4) is 0 Å². The summed E-state index contributed by atoms with van der Waals surface area (Å²) in [6, 6.07) is 8.62. The van der Waals surface area contributed by atoms with E-state index in [1.54, 1.807) is 0 Å². The summed E-state index contributed by atoms with van der Waals surface area (Å²) in [6.07, 6.45) is 8.01. The van der Waals surface area contributed by atoms with E-state index in [1.165, 1.54) is 18.4 Å². The molecule has 0 unspecified atom stereocenters. The fourth-order valence-corrected chi connectivity index (χ4v) is 2.17. The number of hydrogen-bond acceptors (Lipinski definition) is 1. The van der Waals surface area contributed by atoms with Gasteiger partial charge >= 0.3 is 0 Å². The first-order valence-electron chi connectivity index (χ1n) is 6.05. The average Bonchev–Trinajstić information content (AvgIpc) is 2.33. The molecule has 1 atom stereocenters. The minimum Gasteiger partial charge on any atom is -0.356 e. The van der Waals surface area contributed by atoms with Crippen molar-refractivity contribution < 1.29 is 0 Å². The molecule has 0 fully saturated rings. The lowest BCUT2D eigenvalue weighted by Gasteiger charge is -2.20. The first-order valence-corrected chi connectivity index (χ1v) is 6.46. The van der Waals surface area contributed by atoms with Crippen LogP contribution in [0.5, 0.6) is 0 Å². The lowest BCUT2D eigenvalue weighted by Crippen LogP contribution is -2.37. The Hall–Kier alpha value is -1.35. The number of benzene rings is 1. The number of anilines is 1. The quantitative estimate of drug-likeness (QED) is 0.618. The van der Waals surface area contributed by atoms with Crippen LogP contribution < -0.4 is 10.6 Å². The predicted molar refractivity (Wildman–Crippen MR) is 77.3 cm³/mol. The van der Waals surface area contributed by atoms with Gasteiger partial charge in [0.25, 0.3) is 0 Å². The summed E-state index contributed by atoms with van der Waals surface area (Å²) in [5.74, 6) is 0. The van der Waals surface area contributed by atoms with E-state index in [-0.39, 0.29) is 0 Å². The molecule has 0 spiro atoms. The van der Waals surface area contributed by atoms with Crippen LogP contribution in [-0.4, -0.2) is 11.2 Å². The van der Waals surface area contributed by atoms with E-state index in [4.69, 9.17) is 12.2 Å². The smallest absolute Gasteiger partial charge is 0.171 e. The summed E-state index contributed by atoms with van der Waals surface area (Å²) in [5, 5.41) is 7.22. The second kappa shape index (κ2) is 5.82. The Kier molecular flexibility index (Phi) is 4.15. The van der Waals surface area contributed by atoms with Crippen LogP contribution in [-0.2, 0) is 0 Å². The summed E-state index contributed by atoms with van der Waals surface area (Å²) in [6.45, 7) is 2.08. The minimum atomic E-state index is 0.384. The Morgan fingerprint density at radius 3 is 2.71 bits per heavy atom. The highest BCUT2D eigenvalue weighted by Crippen LogP contribution is 2.11. The van der Waals surface area contributed by atoms with Crippen molar-refractivity contribution in [2.75, 3.05) is 5.32 Å². The van der Waals surface area contributed by atoms with Crippen molar-refractivity contribution in [2.24, 2.45) is 0 Å². The Labute approximate surface area is 108 Å². The monoisotopic (exact) mass is 246 g/mol. The molecule has 2 rings (SSSR count). The number of allylic oxidation sites excluding steroid dienone is 1. The largest absolute Gasteiger partial charge is 0.356 e. The van der Waals surface area contributed by atoms with E-state index in [9.17, 15) is 0 Å². The first-order chi connectivity index (χ1) is 8.24. The van der Waals surface area contributed by atoms with Crippen LogP contribution in [0.4, 0.5) is 5.69 Å². The summed E-state index contributed by atoms with van der Waals surface area (Å²) >= 11 is 5.29. The van der Waals surface area contributed by atoms with Crippen LogP contribution in [0.3, 0.4) is 0 Å². The Bertz CT molecular complexity index is 409. The van der Waals surface area contributed by atoms with Gasteiger partial charge in [0.1, 0.15) is 0 Å². The lowest BCUT2D eigenvalue weighted by atomic mass is 10.0. The first kappa shape index (κ1) is 12.1. The molecule has 0 radical (unpaired) electrons. The zero-order valence-electron chi connectivity index (χ0n) is 10.1. The van der Waals surface area contributed by atoms with Gasteiger partial charge in [-0.2, -0.15) is 0 Å². The van der Waals surface area contributed by atoms with E-state index < -0.39 is 0 Å². The standard InChI is InChI=1S/C14H18N2S/c1-11-7-9-13(10-8-11)16-14(17)15-12-5-3-2-4-6-12/h3,5,7-10,12H,2,4,6H2,1H3,(H2,15,16,17)/t12-/m0/s1. The van der Waals surface area contributed by atoms with Crippen molar-refractivity contribution >= 4 is 23.0 Å². The highest BCUT2D eigenvalue weighted by molar-refractivity contribution is 7.80. The molecule has 2 nitrogen and oxygen atoms in total. The third-order valence-corrected chi connectivity index (χ3v) is 3.10. The molecule has 0 amide bonds. The molecule has 1 aromatic rings. The van der Waals surface area contributed by atoms with Crippen molar-refractivity contribution in [2.45, 2.75) is 32.2 Å². The molecule has 0 heterocycles. The number of thiocarbonyl (C=S) groups is 1.